The maximum atomic E-state index is 13.1. The molecule has 0 bridgehead atoms. The van der Waals surface area contributed by atoms with Gasteiger partial charge in [-0.3, -0.25) is 9.59 Å². The second-order valence-corrected chi connectivity index (χ2v) is 8.59. The maximum absolute atomic E-state index is 13.1. The Morgan fingerprint density at radius 2 is 1.74 bits per heavy atom. The first-order valence-corrected chi connectivity index (χ1v) is 12.1. The highest BCUT2D eigenvalue weighted by molar-refractivity contribution is 6.04. The molecule has 1 saturated heterocycles. The number of likely N-dealkylation sites (tertiary alicyclic amines) is 1. The van der Waals surface area contributed by atoms with Gasteiger partial charge in [0.15, 0.2) is 18.1 Å². The zero-order valence-corrected chi connectivity index (χ0v) is 20.3. The molecule has 0 saturated carbocycles. The van der Waals surface area contributed by atoms with Crippen molar-refractivity contribution in [2.75, 3.05) is 31.6 Å². The van der Waals surface area contributed by atoms with E-state index in [9.17, 15) is 9.59 Å². The normalized spacial score (nSPS) is 13.4. The van der Waals surface area contributed by atoms with E-state index < -0.39 is 0 Å². The molecule has 1 N–H and O–H groups in total. The fourth-order valence-corrected chi connectivity index (χ4v) is 4.12. The molecule has 1 aromatic heterocycles. The second-order valence-electron chi connectivity index (χ2n) is 8.59. The van der Waals surface area contributed by atoms with Crippen LogP contribution in [0.2, 0.25) is 0 Å². The first-order chi connectivity index (χ1) is 17.0. The van der Waals surface area contributed by atoms with E-state index in [0.717, 1.165) is 43.6 Å². The van der Waals surface area contributed by atoms with Crippen LogP contribution in [0, 0.1) is 6.92 Å². The van der Waals surface area contributed by atoms with E-state index in [1.54, 1.807) is 22.9 Å². The van der Waals surface area contributed by atoms with Gasteiger partial charge in [0, 0.05) is 24.7 Å². The largest absolute Gasteiger partial charge is 0.490 e. The van der Waals surface area contributed by atoms with Crippen molar-refractivity contribution >= 4 is 17.6 Å². The molecule has 1 aliphatic rings. The van der Waals surface area contributed by atoms with E-state index >= 15 is 0 Å². The summed E-state index contributed by atoms with van der Waals surface area (Å²) in [5, 5.41) is 7.47. The van der Waals surface area contributed by atoms with Crippen LogP contribution in [0.4, 0.5) is 5.82 Å². The van der Waals surface area contributed by atoms with Gasteiger partial charge in [-0.25, -0.2) is 4.68 Å². The Balaban J connectivity index is 1.44. The number of benzene rings is 2. The molecule has 0 atom stereocenters. The van der Waals surface area contributed by atoms with Crippen LogP contribution < -0.4 is 14.8 Å². The quantitative estimate of drug-likeness (QED) is 0.498. The predicted octanol–water partition coefficient (Wildman–Crippen LogP) is 4.28. The van der Waals surface area contributed by atoms with Gasteiger partial charge in [0.05, 0.1) is 18.8 Å². The number of nitrogens with zero attached hydrogens (tertiary/aromatic N) is 3. The number of ether oxygens (including phenoxy) is 2. The lowest BCUT2D eigenvalue weighted by Gasteiger charge is -2.26. The van der Waals surface area contributed by atoms with Crippen molar-refractivity contribution in [3.63, 3.8) is 0 Å². The third-order valence-electron chi connectivity index (χ3n) is 5.88. The Morgan fingerprint density at radius 3 is 2.49 bits per heavy atom. The summed E-state index contributed by atoms with van der Waals surface area (Å²) in [6.45, 7) is 6.21. The molecule has 3 aromatic rings. The zero-order chi connectivity index (χ0) is 24.6. The summed E-state index contributed by atoms with van der Waals surface area (Å²) in [5.41, 5.74) is 2.33. The van der Waals surface area contributed by atoms with Crippen LogP contribution in [0.15, 0.2) is 54.6 Å². The van der Waals surface area contributed by atoms with Crippen molar-refractivity contribution < 1.29 is 19.1 Å². The monoisotopic (exact) mass is 476 g/mol. The Hall–Kier alpha value is -3.81. The third kappa shape index (κ3) is 6.41. The number of carbonyl (C=O) groups is 2. The van der Waals surface area contributed by atoms with Crippen LogP contribution in [0.1, 0.15) is 47.8 Å². The van der Waals surface area contributed by atoms with Gasteiger partial charge in [-0.05, 0) is 56.9 Å². The van der Waals surface area contributed by atoms with Crippen LogP contribution in [0.3, 0.4) is 0 Å². The Labute approximate surface area is 205 Å². The molecule has 2 amide bonds. The molecule has 2 aromatic carbocycles. The molecular weight excluding hydrogens is 444 g/mol. The molecule has 2 heterocycles. The lowest BCUT2D eigenvalue weighted by atomic mass is 10.1. The van der Waals surface area contributed by atoms with Gasteiger partial charge in [-0.2, -0.15) is 5.10 Å². The summed E-state index contributed by atoms with van der Waals surface area (Å²) in [6, 6.07) is 16.8. The number of rotatable bonds is 9. The molecule has 0 unspecified atom stereocenters. The molecule has 4 rings (SSSR count). The van der Waals surface area contributed by atoms with Crippen molar-refractivity contribution in [3.05, 3.63) is 71.4 Å². The summed E-state index contributed by atoms with van der Waals surface area (Å²) < 4.78 is 13.3. The number of hydrogen-bond donors (Lipinski definition) is 1. The average molecular weight is 477 g/mol. The molecule has 8 nitrogen and oxygen atoms in total. The number of anilines is 1. The predicted molar refractivity (Wildman–Crippen MR) is 134 cm³/mol. The summed E-state index contributed by atoms with van der Waals surface area (Å²) in [4.78, 5) is 27.4. The van der Waals surface area contributed by atoms with Crippen LogP contribution >= 0.6 is 0 Å². The minimum absolute atomic E-state index is 0.0315. The molecule has 35 heavy (non-hydrogen) atoms. The minimum Gasteiger partial charge on any atom is -0.490 e. The van der Waals surface area contributed by atoms with Gasteiger partial charge >= 0.3 is 0 Å². The van der Waals surface area contributed by atoms with Gasteiger partial charge in [-0.15, -0.1) is 0 Å². The van der Waals surface area contributed by atoms with Crippen molar-refractivity contribution in [2.24, 2.45) is 0 Å². The summed E-state index contributed by atoms with van der Waals surface area (Å²) in [5.74, 6) is 1.17. The highest BCUT2D eigenvalue weighted by Gasteiger charge is 2.19. The summed E-state index contributed by atoms with van der Waals surface area (Å²) in [7, 11) is 0. The van der Waals surface area contributed by atoms with Gasteiger partial charge in [-0.1, -0.05) is 30.3 Å². The van der Waals surface area contributed by atoms with E-state index in [2.05, 4.69) is 10.4 Å². The van der Waals surface area contributed by atoms with Crippen molar-refractivity contribution in [3.8, 4) is 11.5 Å². The van der Waals surface area contributed by atoms with Gasteiger partial charge in [0.1, 0.15) is 5.82 Å². The van der Waals surface area contributed by atoms with Gasteiger partial charge < -0.3 is 19.7 Å². The number of piperidine rings is 1. The fourth-order valence-electron chi connectivity index (χ4n) is 4.12. The molecule has 1 aliphatic heterocycles. The minimum atomic E-state index is -0.281. The Morgan fingerprint density at radius 1 is 0.971 bits per heavy atom. The molecule has 0 aliphatic carbocycles. The number of aromatic nitrogens is 2. The fraction of sp³-hybridized carbons (Fsp3) is 0.370. The van der Waals surface area contributed by atoms with Crippen LogP contribution in [-0.2, 0) is 11.3 Å². The number of aryl methyl sites for hydroxylation is 1. The molecular formula is C27H32N4O4. The van der Waals surface area contributed by atoms with Crippen LogP contribution in [0.5, 0.6) is 11.5 Å². The number of nitrogens with one attached hydrogen (secondary N) is 1. The van der Waals surface area contributed by atoms with Crippen molar-refractivity contribution in [2.45, 2.75) is 39.7 Å². The summed E-state index contributed by atoms with van der Waals surface area (Å²) >= 11 is 0. The highest BCUT2D eigenvalue weighted by atomic mass is 16.5. The third-order valence-corrected chi connectivity index (χ3v) is 5.88. The van der Waals surface area contributed by atoms with E-state index in [4.69, 9.17) is 9.47 Å². The summed E-state index contributed by atoms with van der Waals surface area (Å²) in [6.07, 6.45) is 3.22. The van der Waals surface area contributed by atoms with Crippen molar-refractivity contribution in [1.82, 2.24) is 14.7 Å². The molecule has 0 spiro atoms. The average Bonchev–Trinajstić information content (AvgIpc) is 3.22. The van der Waals surface area contributed by atoms with E-state index in [0.29, 0.717) is 36.0 Å². The lowest BCUT2D eigenvalue weighted by Crippen LogP contribution is -2.38. The zero-order valence-electron chi connectivity index (χ0n) is 20.3. The topological polar surface area (TPSA) is 85.7 Å². The van der Waals surface area contributed by atoms with Crippen LogP contribution in [0.25, 0.3) is 0 Å². The Bertz CT molecular complexity index is 1150. The van der Waals surface area contributed by atoms with Gasteiger partial charge in [0.25, 0.3) is 11.8 Å². The Kier molecular flexibility index (Phi) is 8.03. The molecule has 1 fully saturated rings. The van der Waals surface area contributed by atoms with E-state index in [-0.39, 0.29) is 18.4 Å². The van der Waals surface area contributed by atoms with E-state index in [1.165, 1.54) is 0 Å². The highest BCUT2D eigenvalue weighted by Crippen LogP contribution is 2.29. The number of hydrogen-bond acceptors (Lipinski definition) is 5. The smallest absolute Gasteiger partial charge is 0.260 e. The SMILES string of the molecule is CCOc1cc(C(=O)Nc2cc(C)nn2Cc2ccccc2)ccc1OCC(=O)N1CCCCC1. The standard InChI is InChI=1S/C27H32N4O4/c1-3-34-24-17-22(12-13-23(24)35-19-26(32)30-14-8-5-9-15-30)27(33)28-25-16-20(2)29-31(25)18-21-10-6-4-7-11-21/h4,6-7,10-13,16-17H,3,5,8-9,14-15,18-19H2,1-2H3,(H,28,33). The van der Waals surface area contributed by atoms with E-state index in [1.807, 2.05) is 55.1 Å². The lowest BCUT2D eigenvalue weighted by molar-refractivity contribution is -0.134. The molecule has 184 valence electrons. The maximum Gasteiger partial charge on any atom is 0.260 e. The number of amides is 2. The molecule has 8 heteroatoms. The number of carbonyl (C=O) groups excluding carboxylic acids is 2. The van der Waals surface area contributed by atoms with Crippen molar-refractivity contribution in [1.29, 1.82) is 0 Å². The first-order valence-electron chi connectivity index (χ1n) is 12.1. The second kappa shape index (κ2) is 11.6. The van der Waals surface area contributed by atoms with Gasteiger partial charge in [0.2, 0.25) is 0 Å². The molecule has 0 radical (unpaired) electrons. The first kappa shape index (κ1) is 24.3. The van der Waals surface area contributed by atoms with Crippen LogP contribution in [-0.4, -0.2) is 52.8 Å².